The van der Waals surface area contributed by atoms with E-state index in [1.165, 1.54) is 17.0 Å². The van der Waals surface area contributed by atoms with Gasteiger partial charge in [-0.3, -0.25) is 13.9 Å². The van der Waals surface area contributed by atoms with Gasteiger partial charge < -0.3 is 10.2 Å². The molecule has 0 aromatic heterocycles. The third-order valence-corrected chi connectivity index (χ3v) is 10.5. The zero-order chi connectivity index (χ0) is 34.3. The van der Waals surface area contributed by atoms with Crippen LogP contribution in [0.1, 0.15) is 41.7 Å². The van der Waals surface area contributed by atoms with E-state index in [1.54, 1.807) is 42.5 Å². The minimum atomic E-state index is -4.19. The Balaban J connectivity index is 1.83. The molecule has 10 heteroatoms. The molecule has 7 nitrogen and oxygen atoms in total. The molecule has 1 atom stereocenters. The number of sulfonamides is 1. The molecule has 0 spiro atoms. The van der Waals surface area contributed by atoms with Crippen LogP contribution in [0.4, 0.5) is 5.69 Å². The van der Waals surface area contributed by atoms with Gasteiger partial charge in [-0.15, -0.1) is 0 Å². The van der Waals surface area contributed by atoms with Crippen LogP contribution in [-0.2, 0) is 32.6 Å². The predicted octanol–water partition coefficient (Wildman–Crippen LogP) is 7.53. The molecule has 0 aliphatic heterocycles. The van der Waals surface area contributed by atoms with Crippen LogP contribution in [0.3, 0.4) is 0 Å². The van der Waals surface area contributed by atoms with Crippen LogP contribution in [0.5, 0.6) is 0 Å². The maximum absolute atomic E-state index is 14.6. The van der Waals surface area contributed by atoms with Crippen molar-refractivity contribution in [2.75, 3.05) is 17.4 Å². The molecule has 4 aromatic carbocycles. The summed E-state index contributed by atoms with van der Waals surface area (Å²) in [5.74, 6) is -0.712. The van der Waals surface area contributed by atoms with Gasteiger partial charge in [0.1, 0.15) is 12.6 Å². The Morgan fingerprint density at radius 1 is 0.787 bits per heavy atom. The lowest BCUT2D eigenvalue weighted by Crippen LogP contribution is -2.53. The predicted molar refractivity (Wildman–Crippen MR) is 190 cm³/mol. The quantitative estimate of drug-likeness (QED) is 0.157. The number of benzene rings is 4. The van der Waals surface area contributed by atoms with Gasteiger partial charge in [0.05, 0.1) is 20.6 Å². The van der Waals surface area contributed by atoms with E-state index in [0.717, 1.165) is 26.6 Å². The molecule has 248 valence electrons. The molecule has 0 aliphatic rings. The van der Waals surface area contributed by atoms with Gasteiger partial charge in [0.15, 0.2) is 0 Å². The second kappa shape index (κ2) is 15.8. The van der Waals surface area contributed by atoms with Crippen molar-refractivity contribution in [3.63, 3.8) is 0 Å². The van der Waals surface area contributed by atoms with Crippen LogP contribution in [0.15, 0.2) is 95.9 Å². The second-order valence-electron chi connectivity index (χ2n) is 12.2. The van der Waals surface area contributed by atoms with Gasteiger partial charge in [-0.25, -0.2) is 8.42 Å². The molecule has 4 rings (SSSR count). The van der Waals surface area contributed by atoms with Crippen LogP contribution >= 0.6 is 23.2 Å². The zero-order valence-corrected chi connectivity index (χ0v) is 29.7. The summed E-state index contributed by atoms with van der Waals surface area (Å²) < 4.78 is 29.6. The van der Waals surface area contributed by atoms with Crippen molar-refractivity contribution in [1.82, 2.24) is 10.2 Å². The highest BCUT2D eigenvalue weighted by atomic mass is 35.5. The lowest BCUT2D eigenvalue weighted by Gasteiger charge is -2.34. The molecule has 0 fully saturated rings. The van der Waals surface area contributed by atoms with E-state index >= 15 is 0 Å². The highest BCUT2D eigenvalue weighted by Gasteiger charge is 2.35. The van der Waals surface area contributed by atoms with E-state index in [-0.39, 0.29) is 29.7 Å². The Morgan fingerprint density at radius 3 is 2.09 bits per heavy atom. The number of hydrogen-bond donors (Lipinski definition) is 1. The number of aryl methyl sites for hydroxylation is 3. The van der Waals surface area contributed by atoms with Crippen molar-refractivity contribution < 1.29 is 18.0 Å². The van der Waals surface area contributed by atoms with Gasteiger partial charge in [0.2, 0.25) is 11.8 Å². The fourth-order valence-corrected chi connectivity index (χ4v) is 6.78. The molecule has 4 aromatic rings. The summed E-state index contributed by atoms with van der Waals surface area (Å²) in [5, 5.41) is 3.65. The Labute approximate surface area is 288 Å². The zero-order valence-electron chi connectivity index (χ0n) is 27.3. The molecule has 1 unspecified atom stereocenters. The average molecular weight is 695 g/mol. The summed E-state index contributed by atoms with van der Waals surface area (Å²) >= 11 is 12.6. The van der Waals surface area contributed by atoms with E-state index in [0.29, 0.717) is 27.8 Å². The number of carbonyl (C=O) groups excluding carboxylic acids is 2. The van der Waals surface area contributed by atoms with Crippen molar-refractivity contribution in [2.45, 2.75) is 58.5 Å². The fourth-order valence-electron chi connectivity index (χ4n) is 5.06. The van der Waals surface area contributed by atoms with Crippen LogP contribution < -0.4 is 9.62 Å². The molecule has 0 bridgehead atoms. The van der Waals surface area contributed by atoms with E-state index in [2.05, 4.69) is 5.32 Å². The van der Waals surface area contributed by atoms with Crippen LogP contribution in [0, 0.1) is 26.7 Å². The summed E-state index contributed by atoms with van der Waals surface area (Å²) in [6.45, 7) is 9.55. The molecule has 1 N–H and O–H groups in total. The number of hydrogen-bond acceptors (Lipinski definition) is 4. The SMILES string of the molecule is Cc1ccc(S(=O)(=O)N(CC(=O)N(Cc2ccc(Cl)c(Cl)c2)C(Cc2ccccc2)C(=O)NCC(C)C)c2ccc(C)c(C)c2)cc1. The van der Waals surface area contributed by atoms with Crippen LogP contribution in [-0.4, -0.2) is 44.3 Å². The molecule has 0 radical (unpaired) electrons. The maximum atomic E-state index is 14.6. The minimum absolute atomic E-state index is 0.00628. The standard InChI is InChI=1S/C37H41Cl2N3O4S/c1-25(2)22-40-37(44)35(21-29-9-7-6-8-10-29)41(23-30-14-18-33(38)34(39)20-30)36(43)24-42(31-15-13-27(4)28(5)19-31)47(45,46)32-16-11-26(3)12-17-32/h6-20,25,35H,21-24H2,1-5H3,(H,40,44). The van der Waals surface area contributed by atoms with Crippen molar-refractivity contribution in [1.29, 1.82) is 0 Å². The summed E-state index contributed by atoms with van der Waals surface area (Å²) in [5.41, 5.74) is 4.60. The van der Waals surface area contributed by atoms with Gasteiger partial charge in [-0.2, -0.15) is 0 Å². The second-order valence-corrected chi connectivity index (χ2v) is 14.9. The fraction of sp³-hybridized carbons (Fsp3) is 0.297. The lowest BCUT2D eigenvalue weighted by molar-refractivity contribution is -0.140. The number of nitrogens with one attached hydrogen (secondary N) is 1. The molecule has 0 saturated carbocycles. The van der Waals surface area contributed by atoms with Gasteiger partial charge in [0.25, 0.3) is 10.0 Å². The smallest absolute Gasteiger partial charge is 0.264 e. The molecule has 0 heterocycles. The normalized spacial score (nSPS) is 12.1. The monoisotopic (exact) mass is 693 g/mol. The largest absolute Gasteiger partial charge is 0.354 e. The molecular weight excluding hydrogens is 653 g/mol. The van der Waals surface area contributed by atoms with Gasteiger partial charge in [0, 0.05) is 19.5 Å². The van der Waals surface area contributed by atoms with Crippen molar-refractivity contribution >= 4 is 50.7 Å². The van der Waals surface area contributed by atoms with Crippen LogP contribution in [0.2, 0.25) is 10.0 Å². The topological polar surface area (TPSA) is 86.8 Å². The number of halogens is 2. The van der Waals surface area contributed by atoms with Crippen molar-refractivity contribution in [3.05, 3.63) is 129 Å². The van der Waals surface area contributed by atoms with Crippen molar-refractivity contribution in [2.24, 2.45) is 5.92 Å². The molecule has 0 aliphatic carbocycles. The molecular formula is C37H41Cl2N3O4S. The highest BCUT2D eigenvalue weighted by molar-refractivity contribution is 7.92. The molecule has 47 heavy (non-hydrogen) atoms. The third-order valence-electron chi connectivity index (χ3n) is 7.96. The van der Waals surface area contributed by atoms with E-state index < -0.39 is 28.5 Å². The first-order chi connectivity index (χ1) is 22.3. The number of carbonyl (C=O) groups is 2. The third kappa shape index (κ3) is 9.37. The summed E-state index contributed by atoms with van der Waals surface area (Å²) in [4.78, 5) is 30.0. The summed E-state index contributed by atoms with van der Waals surface area (Å²) in [6, 6.07) is 25.3. The number of nitrogens with zero attached hydrogens (tertiary/aromatic N) is 2. The highest BCUT2D eigenvalue weighted by Crippen LogP contribution is 2.28. The first-order valence-electron chi connectivity index (χ1n) is 15.5. The first kappa shape index (κ1) is 36.0. The maximum Gasteiger partial charge on any atom is 0.264 e. The summed E-state index contributed by atoms with van der Waals surface area (Å²) in [6.07, 6.45) is 0.214. The first-order valence-corrected chi connectivity index (χ1v) is 17.7. The Hall–Kier alpha value is -3.85. The van der Waals surface area contributed by atoms with E-state index in [4.69, 9.17) is 23.2 Å². The van der Waals surface area contributed by atoms with Gasteiger partial charge >= 0.3 is 0 Å². The molecule has 2 amide bonds. The molecule has 0 saturated heterocycles. The Bertz CT molecular complexity index is 1810. The Kier molecular flexibility index (Phi) is 12.1. The van der Waals surface area contributed by atoms with Gasteiger partial charge in [-0.05, 0) is 85.3 Å². The number of rotatable bonds is 13. The van der Waals surface area contributed by atoms with Gasteiger partial charge in [-0.1, -0.05) is 97.2 Å². The number of anilines is 1. The van der Waals surface area contributed by atoms with E-state index in [1.807, 2.05) is 71.0 Å². The Morgan fingerprint density at radius 2 is 1.47 bits per heavy atom. The minimum Gasteiger partial charge on any atom is -0.354 e. The van der Waals surface area contributed by atoms with Crippen molar-refractivity contribution in [3.8, 4) is 0 Å². The van der Waals surface area contributed by atoms with Crippen LogP contribution in [0.25, 0.3) is 0 Å². The lowest BCUT2D eigenvalue weighted by atomic mass is 10.0. The average Bonchev–Trinajstić information content (AvgIpc) is 3.04. The summed E-state index contributed by atoms with van der Waals surface area (Å²) in [7, 11) is -4.19. The van der Waals surface area contributed by atoms with E-state index in [9.17, 15) is 18.0 Å². The number of amides is 2.